The van der Waals surface area contributed by atoms with Gasteiger partial charge in [0.1, 0.15) is 0 Å². The van der Waals surface area contributed by atoms with Gasteiger partial charge < -0.3 is 16.4 Å². The Morgan fingerprint density at radius 3 is 2.61 bits per heavy atom. The Kier molecular flexibility index (Phi) is 6.62. The summed E-state index contributed by atoms with van der Waals surface area (Å²) in [5.74, 6) is -0.927. The zero-order chi connectivity index (χ0) is 19.9. The molecule has 4 N–H and O–H groups in total. The smallest absolute Gasteiger partial charge is 0.253 e. The van der Waals surface area contributed by atoms with Crippen molar-refractivity contribution < 1.29 is 14.4 Å². The molecule has 0 saturated heterocycles. The van der Waals surface area contributed by atoms with Crippen molar-refractivity contribution in [2.75, 3.05) is 17.6 Å². The Bertz CT molecular complexity index is 986. The Balaban J connectivity index is 1.59. The van der Waals surface area contributed by atoms with Crippen LogP contribution in [-0.2, 0) is 9.59 Å². The van der Waals surface area contributed by atoms with E-state index in [9.17, 15) is 14.4 Å². The molecule has 0 unspecified atom stereocenters. The van der Waals surface area contributed by atoms with Gasteiger partial charge in [-0.25, -0.2) is 4.98 Å². The topological polar surface area (TPSA) is 114 Å². The molecule has 0 aliphatic carbocycles. The third kappa shape index (κ3) is 5.30. The molecule has 0 bridgehead atoms. The zero-order valence-corrected chi connectivity index (χ0v) is 16.4. The predicted molar refractivity (Wildman–Crippen MR) is 112 cm³/mol. The van der Waals surface area contributed by atoms with E-state index in [1.807, 2.05) is 24.3 Å². The van der Waals surface area contributed by atoms with Crippen molar-refractivity contribution >= 4 is 56.7 Å². The summed E-state index contributed by atoms with van der Waals surface area (Å²) in [5.41, 5.74) is 6.71. The van der Waals surface area contributed by atoms with Crippen LogP contribution in [0.1, 0.15) is 16.8 Å². The van der Waals surface area contributed by atoms with E-state index in [0.29, 0.717) is 11.3 Å². The largest absolute Gasteiger partial charge is 0.370 e. The molecular weight excluding hydrogens is 396 g/mol. The Labute approximate surface area is 169 Å². The van der Waals surface area contributed by atoms with E-state index < -0.39 is 5.91 Å². The number of primary amides is 1. The fraction of sp³-hybridized carbons (Fsp3) is 0.158. The van der Waals surface area contributed by atoms with E-state index in [1.165, 1.54) is 23.1 Å². The molecular formula is C19H18N4O3S2. The number of benzene rings is 2. The summed E-state index contributed by atoms with van der Waals surface area (Å²) in [5, 5.41) is 5.37. The number of carbonyl (C=O) groups excluding carboxylic acids is 3. The monoisotopic (exact) mass is 414 g/mol. The number of para-hydroxylation sites is 2. The van der Waals surface area contributed by atoms with Crippen molar-refractivity contribution in [3.8, 4) is 0 Å². The summed E-state index contributed by atoms with van der Waals surface area (Å²) in [6, 6.07) is 14.5. The molecule has 144 valence electrons. The van der Waals surface area contributed by atoms with Gasteiger partial charge in [-0.1, -0.05) is 36.0 Å². The third-order valence-corrected chi connectivity index (χ3v) is 5.88. The molecule has 0 fully saturated rings. The van der Waals surface area contributed by atoms with Crippen LogP contribution in [0.4, 0.5) is 5.69 Å². The number of nitrogens with zero attached hydrogens (tertiary/aromatic N) is 1. The van der Waals surface area contributed by atoms with Crippen molar-refractivity contribution in [2.24, 2.45) is 5.73 Å². The average molecular weight is 415 g/mol. The standard InChI is InChI=1S/C19H18N4O3S2/c20-16(24)9-10-21-18(26)12-5-1-2-6-13(12)22-17(25)11-27-19-23-14-7-3-4-8-15(14)28-19/h1-8H,9-11H2,(H2,20,24)(H,21,26)(H,22,25). The fourth-order valence-corrected chi connectivity index (χ4v) is 4.28. The summed E-state index contributed by atoms with van der Waals surface area (Å²) in [6.07, 6.45) is 0.0546. The first-order valence-electron chi connectivity index (χ1n) is 8.46. The lowest BCUT2D eigenvalue weighted by Crippen LogP contribution is -2.29. The minimum Gasteiger partial charge on any atom is -0.370 e. The number of thioether (sulfide) groups is 1. The lowest BCUT2D eigenvalue weighted by atomic mass is 10.1. The van der Waals surface area contributed by atoms with Crippen molar-refractivity contribution in [3.05, 3.63) is 54.1 Å². The van der Waals surface area contributed by atoms with Gasteiger partial charge in [-0.3, -0.25) is 14.4 Å². The normalized spacial score (nSPS) is 10.6. The second kappa shape index (κ2) is 9.34. The highest BCUT2D eigenvalue weighted by atomic mass is 32.2. The van der Waals surface area contributed by atoms with Gasteiger partial charge in [0, 0.05) is 13.0 Å². The van der Waals surface area contributed by atoms with Crippen molar-refractivity contribution in [1.29, 1.82) is 0 Å². The summed E-state index contributed by atoms with van der Waals surface area (Å²) in [7, 11) is 0. The maximum atomic E-state index is 12.3. The molecule has 0 aliphatic heterocycles. The molecule has 0 aliphatic rings. The number of aromatic nitrogens is 1. The van der Waals surface area contributed by atoms with Gasteiger partial charge in [0.15, 0.2) is 4.34 Å². The van der Waals surface area contributed by atoms with Crippen molar-refractivity contribution in [1.82, 2.24) is 10.3 Å². The van der Waals surface area contributed by atoms with Crippen LogP contribution in [0.5, 0.6) is 0 Å². The molecule has 0 saturated carbocycles. The van der Waals surface area contributed by atoms with Gasteiger partial charge in [0.25, 0.3) is 5.91 Å². The number of fused-ring (bicyclic) bond motifs is 1. The highest BCUT2D eigenvalue weighted by molar-refractivity contribution is 8.01. The number of anilines is 1. The van der Waals surface area contributed by atoms with E-state index >= 15 is 0 Å². The third-order valence-electron chi connectivity index (χ3n) is 3.70. The zero-order valence-electron chi connectivity index (χ0n) is 14.8. The summed E-state index contributed by atoms with van der Waals surface area (Å²) in [6.45, 7) is 0.143. The SMILES string of the molecule is NC(=O)CCNC(=O)c1ccccc1NC(=O)CSc1nc2ccccc2s1. The minimum atomic E-state index is -0.492. The van der Waals surface area contributed by atoms with Crippen LogP contribution in [0.25, 0.3) is 10.2 Å². The second-order valence-corrected chi connectivity index (χ2v) is 8.06. The van der Waals surface area contributed by atoms with Gasteiger partial charge >= 0.3 is 0 Å². The molecule has 3 aromatic rings. The van der Waals surface area contributed by atoms with Gasteiger partial charge in [-0.15, -0.1) is 11.3 Å². The highest BCUT2D eigenvalue weighted by Crippen LogP contribution is 2.29. The molecule has 1 heterocycles. The highest BCUT2D eigenvalue weighted by Gasteiger charge is 2.14. The first kappa shape index (κ1) is 19.8. The van der Waals surface area contributed by atoms with Crippen molar-refractivity contribution in [2.45, 2.75) is 10.8 Å². The van der Waals surface area contributed by atoms with Gasteiger partial charge in [-0.2, -0.15) is 0 Å². The van der Waals surface area contributed by atoms with E-state index in [4.69, 9.17) is 5.73 Å². The first-order chi connectivity index (χ1) is 13.5. The number of rotatable bonds is 8. The Morgan fingerprint density at radius 1 is 1.07 bits per heavy atom. The molecule has 0 atom stereocenters. The molecule has 0 radical (unpaired) electrons. The number of carbonyl (C=O) groups is 3. The molecule has 1 aromatic heterocycles. The second-order valence-electron chi connectivity index (χ2n) is 5.80. The maximum absolute atomic E-state index is 12.3. The summed E-state index contributed by atoms with van der Waals surface area (Å²) >= 11 is 2.88. The average Bonchev–Trinajstić information content (AvgIpc) is 3.09. The van der Waals surface area contributed by atoms with E-state index in [2.05, 4.69) is 15.6 Å². The maximum Gasteiger partial charge on any atom is 0.253 e. The minimum absolute atomic E-state index is 0.0546. The van der Waals surface area contributed by atoms with Crippen molar-refractivity contribution in [3.63, 3.8) is 0 Å². The van der Waals surface area contributed by atoms with Gasteiger partial charge in [-0.05, 0) is 24.3 Å². The number of nitrogens with two attached hydrogens (primary N) is 1. The lowest BCUT2D eigenvalue weighted by molar-refractivity contribution is -0.118. The number of hydrogen-bond donors (Lipinski definition) is 3. The van der Waals surface area contributed by atoms with E-state index in [-0.39, 0.29) is 30.5 Å². The fourth-order valence-electron chi connectivity index (χ4n) is 2.41. The molecule has 7 nitrogen and oxygen atoms in total. The van der Waals surface area contributed by atoms with Crippen LogP contribution in [0, 0.1) is 0 Å². The lowest BCUT2D eigenvalue weighted by Gasteiger charge is -2.11. The number of amides is 3. The first-order valence-corrected chi connectivity index (χ1v) is 10.3. The Hall–Kier alpha value is -2.91. The molecule has 3 amide bonds. The number of nitrogens with one attached hydrogen (secondary N) is 2. The molecule has 0 spiro atoms. The molecule has 9 heteroatoms. The quantitative estimate of drug-likeness (QED) is 0.490. The van der Waals surface area contributed by atoms with Crippen LogP contribution in [0.2, 0.25) is 0 Å². The van der Waals surface area contributed by atoms with Crippen LogP contribution >= 0.6 is 23.1 Å². The molecule has 3 rings (SSSR count). The van der Waals surface area contributed by atoms with E-state index in [0.717, 1.165) is 14.6 Å². The predicted octanol–water partition coefficient (Wildman–Crippen LogP) is 2.63. The van der Waals surface area contributed by atoms with Gasteiger partial charge in [0.05, 0.1) is 27.2 Å². The number of thiazole rings is 1. The summed E-state index contributed by atoms with van der Waals surface area (Å²) < 4.78 is 1.89. The van der Waals surface area contributed by atoms with Crippen LogP contribution < -0.4 is 16.4 Å². The van der Waals surface area contributed by atoms with Crippen LogP contribution in [0.15, 0.2) is 52.9 Å². The number of hydrogen-bond acceptors (Lipinski definition) is 6. The molecule has 2 aromatic carbocycles. The van der Waals surface area contributed by atoms with Gasteiger partial charge in [0.2, 0.25) is 11.8 Å². The molecule has 28 heavy (non-hydrogen) atoms. The summed E-state index contributed by atoms with van der Waals surface area (Å²) in [4.78, 5) is 39.9. The van der Waals surface area contributed by atoms with E-state index in [1.54, 1.807) is 24.3 Å². The van der Waals surface area contributed by atoms with Crippen LogP contribution in [-0.4, -0.2) is 35.0 Å². The Morgan fingerprint density at radius 2 is 1.82 bits per heavy atom. The van der Waals surface area contributed by atoms with Crippen LogP contribution in [0.3, 0.4) is 0 Å².